The van der Waals surface area contributed by atoms with Crippen molar-refractivity contribution < 1.29 is 4.79 Å². The van der Waals surface area contributed by atoms with Gasteiger partial charge in [-0.05, 0) is 17.5 Å². The molecule has 1 aliphatic rings. The maximum absolute atomic E-state index is 11.7. The predicted octanol–water partition coefficient (Wildman–Crippen LogP) is 0.884. The van der Waals surface area contributed by atoms with Crippen molar-refractivity contribution in [3.63, 3.8) is 0 Å². The van der Waals surface area contributed by atoms with Gasteiger partial charge in [-0.1, -0.05) is 24.3 Å². The van der Waals surface area contributed by atoms with Crippen molar-refractivity contribution in [2.75, 3.05) is 20.1 Å². The molecule has 1 aliphatic heterocycles. The van der Waals surface area contributed by atoms with Crippen LogP contribution in [0.5, 0.6) is 0 Å². The number of nitrogens with two attached hydrogens (primary N) is 1. The molecule has 16 heavy (non-hydrogen) atoms. The molecule has 1 unspecified atom stereocenters. The highest BCUT2D eigenvalue weighted by Gasteiger charge is 2.28. The minimum atomic E-state index is -0.0510. The molecule has 2 rings (SSSR count). The van der Waals surface area contributed by atoms with Crippen LogP contribution in [0.1, 0.15) is 17.2 Å². The van der Waals surface area contributed by atoms with Gasteiger partial charge in [-0.25, -0.2) is 4.79 Å². The normalized spacial score (nSPS) is 19.1. The predicted molar refractivity (Wildman–Crippen MR) is 63.1 cm³/mol. The number of fused-ring (bicyclic) bond motifs is 1. The third-order valence-electron chi connectivity index (χ3n) is 3.11. The first kappa shape index (κ1) is 11.0. The van der Waals surface area contributed by atoms with Crippen LogP contribution in [0.3, 0.4) is 0 Å². The zero-order valence-electron chi connectivity index (χ0n) is 9.44. The molecule has 0 bridgehead atoms. The van der Waals surface area contributed by atoms with Crippen molar-refractivity contribution in [1.82, 2.24) is 10.2 Å². The van der Waals surface area contributed by atoms with Crippen LogP contribution >= 0.6 is 0 Å². The Hall–Kier alpha value is -1.55. The monoisotopic (exact) mass is 219 g/mol. The van der Waals surface area contributed by atoms with E-state index in [2.05, 4.69) is 17.4 Å². The van der Waals surface area contributed by atoms with E-state index in [0.717, 1.165) is 13.0 Å². The fourth-order valence-corrected chi connectivity index (χ4v) is 2.29. The highest BCUT2D eigenvalue weighted by Crippen LogP contribution is 2.28. The molecule has 0 fully saturated rings. The van der Waals surface area contributed by atoms with Gasteiger partial charge in [0.15, 0.2) is 0 Å². The molecule has 1 heterocycles. The quantitative estimate of drug-likeness (QED) is 0.736. The minimum absolute atomic E-state index is 0.00454. The van der Waals surface area contributed by atoms with E-state index in [1.165, 1.54) is 11.1 Å². The number of carbonyl (C=O) groups excluding carboxylic acids is 1. The molecule has 86 valence electrons. The Kier molecular flexibility index (Phi) is 3.10. The van der Waals surface area contributed by atoms with E-state index in [1.54, 1.807) is 7.05 Å². The second-order valence-electron chi connectivity index (χ2n) is 3.95. The van der Waals surface area contributed by atoms with Crippen LogP contribution in [0.4, 0.5) is 4.79 Å². The van der Waals surface area contributed by atoms with Crippen molar-refractivity contribution in [2.24, 2.45) is 5.73 Å². The summed E-state index contributed by atoms with van der Waals surface area (Å²) in [4.78, 5) is 13.5. The topological polar surface area (TPSA) is 58.4 Å². The number of hydrogen-bond donors (Lipinski definition) is 2. The molecule has 4 heteroatoms. The molecule has 0 saturated carbocycles. The third-order valence-corrected chi connectivity index (χ3v) is 3.11. The van der Waals surface area contributed by atoms with Gasteiger partial charge in [0.25, 0.3) is 0 Å². The van der Waals surface area contributed by atoms with Crippen LogP contribution < -0.4 is 11.1 Å². The van der Waals surface area contributed by atoms with E-state index < -0.39 is 0 Å². The van der Waals surface area contributed by atoms with Gasteiger partial charge >= 0.3 is 6.03 Å². The molecule has 0 radical (unpaired) electrons. The van der Waals surface area contributed by atoms with Crippen molar-refractivity contribution in [2.45, 2.75) is 12.5 Å². The summed E-state index contributed by atoms with van der Waals surface area (Å²) in [5.41, 5.74) is 8.26. The number of amides is 2. The Balaban J connectivity index is 2.33. The number of hydrogen-bond acceptors (Lipinski definition) is 2. The van der Waals surface area contributed by atoms with Crippen LogP contribution in [-0.2, 0) is 6.42 Å². The van der Waals surface area contributed by atoms with Crippen molar-refractivity contribution >= 4 is 6.03 Å². The fraction of sp³-hybridized carbons (Fsp3) is 0.417. The summed E-state index contributed by atoms with van der Waals surface area (Å²) in [6.07, 6.45) is 0.903. The second kappa shape index (κ2) is 4.53. The van der Waals surface area contributed by atoms with Gasteiger partial charge in [-0.2, -0.15) is 0 Å². The van der Waals surface area contributed by atoms with Gasteiger partial charge in [0.1, 0.15) is 0 Å². The molecule has 0 aliphatic carbocycles. The zero-order valence-corrected chi connectivity index (χ0v) is 9.44. The lowest BCUT2D eigenvalue weighted by Crippen LogP contribution is -2.46. The first-order valence-electron chi connectivity index (χ1n) is 5.54. The van der Waals surface area contributed by atoms with E-state index in [0.29, 0.717) is 6.54 Å². The molecule has 0 aromatic heterocycles. The van der Waals surface area contributed by atoms with Gasteiger partial charge in [0.05, 0.1) is 6.04 Å². The largest absolute Gasteiger partial charge is 0.341 e. The van der Waals surface area contributed by atoms with Crippen molar-refractivity contribution in [1.29, 1.82) is 0 Å². The van der Waals surface area contributed by atoms with Crippen LogP contribution in [-0.4, -0.2) is 31.1 Å². The maximum atomic E-state index is 11.7. The molecular formula is C12H17N3O. The molecule has 2 amide bonds. The number of nitrogens with zero attached hydrogens (tertiary/aromatic N) is 1. The van der Waals surface area contributed by atoms with E-state index in [9.17, 15) is 4.79 Å². The zero-order chi connectivity index (χ0) is 11.5. The average Bonchev–Trinajstić information content (AvgIpc) is 2.36. The Labute approximate surface area is 95.4 Å². The molecule has 0 spiro atoms. The lowest BCUT2D eigenvalue weighted by molar-refractivity contribution is 0.173. The first-order chi connectivity index (χ1) is 7.77. The second-order valence-corrected chi connectivity index (χ2v) is 3.95. The molecule has 4 nitrogen and oxygen atoms in total. The Morgan fingerprint density at radius 1 is 1.56 bits per heavy atom. The van der Waals surface area contributed by atoms with Crippen LogP contribution in [0.2, 0.25) is 0 Å². The summed E-state index contributed by atoms with van der Waals surface area (Å²) in [7, 11) is 1.65. The van der Waals surface area contributed by atoms with Gasteiger partial charge < -0.3 is 16.0 Å². The fourth-order valence-electron chi connectivity index (χ4n) is 2.29. The molecule has 1 aromatic carbocycles. The van der Waals surface area contributed by atoms with Crippen molar-refractivity contribution in [3.05, 3.63) is 35.4 Å². The maximum Gasteiger partial charge on any atom is 0.317 e. The van der Waals surface area contributed by atoms with E-state index in [1.807, 2.05) is 17.0 Å². The lowest BCUT2D eigenvalue weighted by Gasteiger charge is -2.36. The Morgan fingerprint density at radius 3 is 3.00 bits per heavy atom. The number of benzene rings is 1. The molecule has 0 saturated heterocycles. The minimum Gasteiger partial charge on any atom is -0.341 e. The summed E-state index contributed by atoms with van der Waals surface area (Å²) in [6, 6.07) is 8.15. The van der Waals surface area contributed by atoms with Crippen LogP contribution in [0.25, 0.3) is 0 Å². The number of nitrogens with one attached hydrogen (secondary N) is 1. The number of carbonyl (C=O) groups is 1. The van der Waals surface area contributed by atoms with Gasteiger partial charge in [0, 0.05) is 20.1 Å². The summed E-state index contributed by atoms with van der Waals surface area (Å²) in [5.74, 6) is 0. The first-order valence-corrected chi connectivity index (χ1v) is 5.54. The van der Waals surface area contributed by atoms with Gasteiger partial charge in [-0.3, -0.25) is 0 Å². The standard InChI is InChI=1S/C12H17N3O/c1-14-12(16)15-7-6-9-4-2-3-5-10(9)11(15)8-13/h2-5,11H,6-8,13H2,1H3,(H,14,16). The molecule has 1 atom stereocenters. The summed E-state index contributed by atoms with van der Waals surface area (Å²) in [6.45, 7) is 1.20. The summed E-state index contributed by atoms with van der Waals surface area (Å²) in [5, 5.41) is 2.66. The average molecular weight is 219 g/mol. The van der Waals surface area contributed by atoms with E-state index in [4.69, 9.17) is 5.73 Å². The Bertz CT molecular complexity index is 392. The third kappa shape index (κ3) is 1.76. The Morgan fingerprint density at radius 2 is 2.31 bits per heavy atom. The number of rotatable bonds is 1. The van der Waals surface area contributed by atoms with E-state index in [-0.39, 0.29) is 12.1 Å². The number of urea groups is 1. The van der Waals surface area contributed by atoms with Crippen LogP contribution in [0.15, 0.2) is 24.3 Å². The van der Waals surface area contributed by atoms with E-state index >= 15 is 0 Å². The van der Waals surface area contributed by atoms with Gasteiger partial charge in [-0.15, -0.1) is 0 Å². The molecule has 3 N–H and O–H groups in total. The van der Waals surface area contributed by atoms with Gasteiger partial charge in [0.2, 0.25) is 0 Å². The SMILES string of the molecule is CNC(=O)N1CCc2ccccc2C1CN. The summed E-state index contributed by atoms with van der Waals surface area (Å²) >= 11 is 0. The van der Waals surface area contributed by atoms with Crippen LogP contribution in [0, 0.1) is 0 Å². The highest BCUT2D eigenvalue weighted by molar-refractivity contribution is 5.75. The molecule has 1 aromatic rings. The van der Waals surface area contributed by atoms with Crippen molar-refractivity contribution in [3.8, 4) is 0 Å². The lowest BCUT2D eigenvalue weighted by atomic mass is 9.93. The smallest absolute Gasteiger partial charge is 0.317 e. The summed E-state index contributed by atoms with van der Waals surface area (Å²) < 4.78 is 0. The highest BCUT2D eigenvalue weighted by atomic mass is 16.2. The molecular weight excluding hydrogens is 202 g/mol.